The van der Waals surface area contributed by atoms with Crippen molar-refractivity contribution in [1.29, 1.82) is 0 Å². The van der Waals surface area contributed by atoms with Crippen LogP contribution in [-0.2, 0) is 20.8 Å². The number of aromatic hydroxyl groups is 1. The molecule has 10 heteroatoms. The number of aldehydes is 1. The molecule has 1 aromatic rings. The zero-order valence-corrected chi connectivity index (χ0v) is 18.8. The van der Waals surface area contributed by atoms with E-state index >= 15 is 0 Å². The molecular formula is C24H25NO9. The number of carbonyl (C=O) groups is 4. The molecule has 0 aromatic heterocycles. The Kier molecular flexibility index (Phi) is 5.32. The molecule has 0 saturated heterocycles. The number of Topliss-reactive ketones (excluding diaryl/α,β-unsaturated/α-hetero) is 2. The fourth-order valence-corrected chi connectivity index (χ4v) is 5.81. The molecule has 1 saturated carbocycles. The predicted molar refractivity (Wildman–Crippen MR) is 117 cm³/mol. The van der Waals surface area contributed by atoms with Gasteiger partial charge >= 0.3 is 0 Å². The Bertz CT molecular complexity index is 1230. The maximum absolute atomic E-state index is 13.7. The smallest absolute Gasteiger partial charge is 0.255 e. The summed E-state index contributed by atoms with van der Waals surface area (Å²) in [7, 11) is 1.35. The van der Waals surface area contributed by atoms with Crippen LogP contribution in [0.15, 0.2) is 23.0 Å². The molecule has 1 amide bonds. The topological polar surface area (TPSA) is 184 Å². The Labute approximate surface area is 194 Å². The van der Waals surface area contributed by atoms with E-state index in [9.17, 15) is 39.6 Å². The molecule has 10 nitrogen and oxygen atoms in total. The van der Waals surface area contributed by atoms with Crippen LogP contribution in [0.5, 0.6) is 11.5 Å². The van der Waals surface area contributed by atoms with E-state index in [4.69, 9.17) is 10.5 Å². The molecule has 34 heavy (non-hydrogen) atoms. The zero-order valence-electron chi connectivity index (χ0n) is 18.8. The van der Waals surface area contributed by atoms with Gasteiger partial charge in [-0.25, -0.2) is 0 Å². The lowest BCUT2D eigenvalue weighted by Gasteiger charge is -2.50. The Hall–Kier alpha value is -3.66. The number of hydrogen-bond donors (Lipinski definition) is 5. The van der Waals surface area contributed by atoms with Gasteiger partial charge in [-0.05, 0) is 30.7 Å². The van der Waals surface area contributed by atoms with Crippen molar-refractivity contribution in [3.8, 4) is 11.5 Å². The first kappa shape index (κ1) is 23.5. The van der Waals surface area contributed by atoms with Crippen LogP contribution in [0, 0.1) is 23.7 Å². The van der Waals surface area contributed by atoms with Gasteiger partial charge in [0.1, 0.15) is 28.6 Å². The third-order valence-corrected chi connectivity index (χ3v) is 7.30. The average molecular weight is 471 g/mol. The third kappa shape index (κ3) is 2.84. The van der Waals surface area contributed by atoms with Crippen LogP contribution in [0.4, 0.5) is 0 Å². The number of hydrogen-bond acceptors (Lipinski definition) is 9. The molecular weight excluding hydrogens is 446 g/mol. The van der Waals surface area contributed by atoms with Gasteiger partial charge in [-0.2, -0.15) is 0 Å². The summed E-state index contributed by atoms with van der Waals surface area (Å²) < 4.78 is 5.33. The van der Waals surface area contributed by atoms with E-state index < -0.39 is 69.6 Å². The second kappa shape index (κ2) is 7.69. The van der Waals surface area contributed by atoms with Crippen molar-refractivity contribution in [3.05, 3.63) is 39.7 Å². The molecule has 0 heterocycles. The minimum absolute atomic E-state index is 0.00507. The molecule has 0 bridgehead atoms. The molecule has 1 fully saturated rings. The summed E-state index contributed by atoms with van der Waals surface area (Å²) in [6.07, 6.45) is 0.461. The monoisotopic (exact) mass is 471 g/mol. The molecule has 0 spiro atoms. The summed E-state index contributed by atoms with van der Waals surface area (Å²) >= 11 is 0. The summed E-state index contributed by atoms with van der Waals surface area (Å²) in [4.78, 5) is 50.2. The number of nitrogens with two attached hydrogens (primary N) is 1. The Balaban J connectivity index is 2.01. The number of phenolic OH excluding ortho intramolecular Hbond substituents is 1. The van der Waals surface area contributed by atoms with Gasteiger partial charge in [0, 0.05) is 23.0 Å². The number of carbonyl (C=O) groups excluding carboxylic acids is 4. The third-order valence-electron chi connectivity index (χ3n) is 7.30. The van der Waals surface area contributed by atoms with E-state index in [-0.39, 0.29) is 35.3 Å². The van der Waals surface area contributed by atoms with Crippen LogP contribution in [0.1, 0.15) is 41.8 Å². The van der Waals surface area contributed by atoms with Crippen molar-refractivity contribution in [1.82, 2.24) is 0 Å². The number of primary amides is 1. The summed E-state index contributed by atoms with van der Waals surface area (Å²) in [6, 6.07) is 1.31. The van der Waals surface area contributed by atoms with Gasteiger partial charge in [-0.15, -0.1) is 0 Å². The number of phenols is 1. The second-order valence-corrected chi connectivity index (χ2v) is 9.31. The predicted octanol–water partition coefficient (Wildman–Crippen LogP) is 1.13. The first-order chi connectivity index (χ1) is 15.9. The molecule has 3 aliphatic carbocycles. The van der Waals surface area contributed by atoms with Crippen molar-refractivity contribution < 1.29 is 44.3 Å². The summed E-state index contributed by atoms with van der Waals surface area (Å²) in [5.41, 5.74) is 1.50. The van der Waals surface area contributed by atoms with Crippen LogP contribution < -0.4 is 10.5 Å². The largest absolute Gasteiger partial charge is 0.508 e. The number of ketones is 2. The van der Waals surface area contributed by atoms with Gasteiger partial charge in [0.05, 0.1) is 18.2 Å². The summed E-state index contributed by atoms with van der Waals surface area (Å²) in [5, 5.41) is 44.0. The Morgan fingerprint density at radius 3 is 2.44 bits per heavy atom. The SMILES string of the molecule is COc1cc(C=O)c(O)c2c1C[C@H]1C[C@H]3C(C(C)C)C(=O)C(C(N)=O)=C(O)[C@@]3(O)C(=O)C1=C2O. The summed E-state index contributed by atoms with van der Waals surface area (Å²) in [5.74, 6) is -8.47. The van der Waals surface area contributed by atoms with Crippen LogP contribution in [0.25, 0.3) is 5.76 Å². The Morgan fingerprint density at radius 1 is 1.26 bits per heavy atom. The maximum atomic E-state index is 13.7. The second-order valence-electron chi connectivity index (χ2n) is 9.31. The molecule has 3 aliphatic rings. The Morgan fingerprint density at radius 2 is 1.91 bits per heavy atom. The molecule has 1 unspecified atom stereocenters. The van der Waals surface area contributed by atoms with Gasteiger partial charge in [0.15, 0.2) is 17.7 Å². The number of methoxy groups -OCH3 is 1. The number of fused-ring (bicyclic) bond motifs is 3. The molecule has 4 atom stereocenters. The lowest BCUT2D eigenvalue weighted by atomic mass is 9.54. The van der Waals surface area contributed by atoms with E-state index in [1.165, 1.54) is 13.2 Å². The maximum Gasteiger partial charge on any atom is 0.255 e. The van der Waals surface area contributed by atoms with Crippen molar-refractivity contribution in [2.45, 2.75) is 32.3 Å². The highest BCUT2D eigenvalue weighted by atomic mass is 16.5. The van der Waals surface area contributed by atoms with E-state index in [0.717, 1.165) is 0 Å². The number of ether oxygens (including phenoxy) is 1. The highest BCUT2D eigenvalue weighted by Gasteiger charge is 2.64. The van der Waals surface area contributed by atoms with Gasteiger partial charge in [-0.3, -0.25) is 19.2 Å². The van der Waals surface area contributed by atoms with E-state index in [0.29, 0.717) is 11.8 Å². The van der Waals surface area contributed by atoms with E-state index in [2.05, 4.69) is 0 Å². The van der Waals surface area contributed by atoms with Crippen molar-refractivity contribution >= 4 is 29.5 Å². The molecule has 4 rings (SSSR count). The molecule has 0 aliphatic heterocycles. The van der Waals surface area contributed by atoms with Crippen LogP contribution >= 0.6 is 0 Å². The number of aliphatic hydroxyl groups is 3. The fourth-order valence-electron chi connectivity index (χ4n) is 5.81. The normalized spacial score (nSPS) is 28.4. The highest BCUT2D eigenvalue weighted by molar-refractivity contribution is 6.23. The van der Waals surface area contributed by atoms with E-state index in [1.54, 1.807) is 13.8 Å². The van der Waals surface area contributed by atoms with Crippen LogP contribution in [0.2, 0.25) is 0 Å². The first-order valence-electron chi connectivity index (χ1n) is 10.8. The van der Waals surface area contributed by atoms with Gasteiger partial charge in [0.25, 0.3) is 5.91 Å². The molecule has 1 aromatic carbocycles. The van der Waals surface area contributed by atoms with E-state index in [1.807, 2.05) is 0 Å². The lowest BCUT2D eigenvalue weighted by molar-refractivity contribution is -0.155. The number of rotatable bonds is 4. The molecule has 180 valence electrons. The quantitative estimate of drug-likeness (QED) is 0.317. The van der Waals surface area contributed by atoms with Gasteiger partial charge in [-0.1, -0.05) is 13.8 Å². The number of aliphatic hydroxyl groups excluding tert-OH is 2. The van der Waals surface area contributed by atoms with Crippen molar-refractivity contribution in [2.24, 2.45) is 29.4 Å². The standard InChI is InChI=1S/C24H25NO9/c1-8(2)14-12-5-9-4-11-13(34-3)6-10(7-26)18(27)16(11)20(29)15(9)21(30)24(12,33)22(31)17(19(14)28)23(25)32/h6-9,12,14,27,29,31,33H,4-5H2,1-3H3,(H2,25,32)/t9-,12-,14?,24-/m0/s1. The number of amides is 1. The van der Waals surface area contributed by atoms with Crippen LogP contribution in [-0.4, -0.2) is 56.9 Å². The minimum atomic E-state index is -2.67. The highest BCUT2D eigenvalue weighted by Crippen LogP contribution is 2.55. The van der Waals surface area contributed by atoms with Crippen molar-refractivity contribution in [3.63, 3.8) is 0 Å². The summed E-state index contributed by atoms with van der Waals surface area (Å²) in [6.45, 7) is 3.38. The van der Waals surface area contributed by atoms with Crippen molar-refractivity contribution in [2.75, 3.05) is 7.11 Å². The average Bonchev–Trinajstić information content (AvgIpc) is 2.76. The van der Waals surface area contributed by atoms with Crippen LogP contribution in [0.3, 0.4) is 0 Å². The molecule has 6 N–H and O–H groups in total. The fraction of sp³-hybridized carbons (Fsp3) is 0.417. The minimum Gasteiger partial charge on any atom is -0.508 e. The number of benzene rings is 1. The lowest BCUT2D eigenvalue weighted by Crippen LogP contribution is -2.62. The van der Waals surface area contributed by atoms with Gasteiger partial charge in [0.2, 0.25) is 5.78 Å². The zero-order chi connectivity index (χ0) is 25.3. The van der Waals surface area contributed by atoms with Gasteiger partial charge < -0.3 is 30.9 Å². The first-order valence-corrected chi connectivity index (χ1v) is 10.8. The molecule has 0 radical (unpaired) electrons.